The fourth-order valence-corrected chi connectivity index (χ4v) is 3.80. The minimum Gasteiger partial charge on any atom is -0.478 e. The lowest BCUT2D eigenvalue weighted by molar-refractivity contribution is -0.131. The van der Waals surface area contributed by atoms with Crippen molar-refractivity contribution in [3.63, 3.8) is 0 Å². The van der Waals surface area contributed by atoms with E-state index in [0.29, 0.717) is 29.0 Å². The van der Waals surface area contributed by atoms with Gasteiger partial charge in [0.2, 0.25) is 0 Å². The molecule has 0 fully saturated rings. The maximum absolute atomic E-state index is 12.9. The van der Waals surface area contributed by atoms with Crippen LogP contribution in [-0.4, -0.2) is 30.6 Å². The number of hydrogen-bond acceptors (Lipinski definition) is 4. The van der Waals surface area contributed by atoms with E-state index in [9.17, 15) is 14.4 Å². The molecule has 0 saturated carbocycles. The average Bonchev–Trinajstić information content (AvgIpc) is 3.24. The van der Waals surface area contributed by atoms with Crippen LogP contribution in [0.3, 0.4) is 0 Å². The topological polar surface area (TPSA) is 121 Å². The average molecular weight is 430 g/mol. The van der Waals surface area contributed by atoms with Gasteiger partial charge in [0.05, 0.1) is 6.04 Å². The molecule has 0 bridgehead atoms. The summed E-state index contributed by atoms with van der Waals surface area (Å²) in [4.78, 5) is 46.2. The normalized spacial score (nSPS) is 12.4. The molecule has 162 valence electrons. The number of aromatic amines is 2. The first-order valence-corrected chi connectivity index (χ1v) is 10.3. The Morgan fingerprint density at radius 3 is 2.62 bits per heavy atom. The van der Waals surface area contributed by atoms with Crippen molar-refractivity contribution >= 4 is 23.2 Å². The first-order chi connectivity index (χ1) is 15.5. The predicted molar refractivity (Wildman–Crippen MR) is 123 cm³/mol. The zero-order chi connectivity index (χ0) is 22.7. The quantitative estimate of drug-likeness (QED) is 0.387. The lowest BCUT2D eigenvalue weighted by atomic mass is 10.0. The number of aliphatic carboxylic acids is 1. The summed E-state index contributed by atoms with van der Waals surface area (Å²) in [5, 5.41) is 8.86. The lowest BCUT2D eigenvalue weighted by Crippen LogP contribution is -2.33. The molecule has 0 amide bonds. The second-order valence-corrected chi connectivity index (χ2v) is 7.42. The number of aromatic nitrogens is 4. The van der Waals surface area contributed by atoms with Gasteiger partial charge in [-0.25, -0.2) is 14.6 Å². The smallest absolute Gasteiger partial charge is 0.330 e. The molecule has 0 radical (unpaired) electrons. The summed E-state index contributed by atoms with van der Waals surface area (Å²) < 4.78 is 1.56. The Bertz CT molecular complexity index is 1410. The number of imidazole rings is 1. The van der Waals surface area contributed by atoms with E-state index in [4.69, 9.17) is 5.11 Å². The van der Waals surface area contributed by atoms with E-state index in [1.54, 1.807) is 28.8 Å². The Morgan fingerprint density at radius 2 is 1.91 bits per heavy atom. The molecule has 0 aliphatic carbocycles. The number of fused-ring (bicyclic) bond motifs is 1. The Morgan fingerprint density at radius 1 is 1.12 bits per heavy atom. The maximum atomic E-state index is 12.9. The van der Waals surface area contributed by atoms with Crippen LogP contribution in [0.4, 0.5) is 0 Å². The van der Waals surface area contributed by atoms with Crippen LogP contribution in [0.15, 0.2) is 70.3 Å². The van der Waals surface area contributed by atoms with Crippen LogP contribution in [0.1, 0.15) is 36.9 Å². The standard InChI is InChI=1S/C24H22N4O4/c1-2-7-18(16-9-4-3-5-10-16)28-22-20(23(31)27-24(28)32)25-21(26-22)17-11-6-8-15(14-17)12-13-19(29)30/h3-6,8-14,18H,2,7H2,1H3,(H,25,26)(H,29,30)(H,27,31,32)/b13-12+. The molecular weight excluding hydrogens is 408 g/mol. The Hall–Kier alpha value is -4.20. The zero-order valence-corrected chi connectivity index (χ0v) is 17.4. The molecular formula is C24H22N4O4. The Kier molecular flexibility index (Phi) is 5.85. The summed E-state index contributed by atoms with van der Waals surface area (Å²) in [7, 11) is 0. The number of benzene rings is 2. The first kappa shape index (κ1) is 21.0. The summed E-state index contributed by atoms with van der Waals surface area (Å²) in [5.41, 5.74) is 1.73. The number of carboxylic acid groups (broad SMARTS) is 1. The third-order valence-electron chi connectivity index (χ3n) is 5.22. The van der Waals surface area contributed by atoms with Crippen LogP contribution in [0.25, 0.3) is 28.6 Å². The Balaban J connectivity index is 1.89. The van der Waals surface area contributed by atoms with Crippen LogP contribution >= 0.6 is 0 Å². The molecule has 32 heavy (non-hydrogen) atoms. The zero-order valence-electron chi connectivity index (χ0n) is 17.4. The van der Waals surface area contributed by atoms with Gasteiger partial charge in [-0.1, -0.05) is 61.9 Å². The summed E-state index contributed by atoms with van der Waals surface area (Å²) in [6, 6.07) is 16.5. The van der Waals surface area contributed by atoms with Crippen LogP contribution in [0.5, 0.6) is 0 Å². The predicted octanol–water partition coefficient (Wildman–Crippen LogP) is 3.57. The number of nitrogens with zero attached hydrogens (tertiary/aromatic N) is 2. The van der Waals surface area contributed by atoms with Gasteiger partial charge in [-0.3, -0.25) is 14.3 Å². The van der Waals surface area contributed by atoms with E-state index in [1.165, 1.54) is 6.08 Å². The summed E-state index contributed by atoms with van der Waals surface area (Å²) in [6.45, 7) is 2.04. The van der Waals surface area contributed by atoms with E-state index >= 15 is 0 Å². The molecule has 0 spiro atoms. The van der Waals surface area contributed by atoms with E-state index in [1.807, 2.05) is 37.3 Å². The van der Waals surface area contributed by atoms with Crippen LogP contribution in [0.2, 0.25) is 0 Å². The monoisotopic (exact) mass is 430 g/mol. The van der Waals surface area contributed by atoms with Gasteiger partial charge in [0.15, 0.2) is 5.52 Å². The molecule has 2 aromatic carbocycles. The van der Waals surface area contributed by atoms with Crippen molar-refractivity contribution in [2.75, 3.05) is 0 Å². The van der Waals surface area contributed by atoms with Crippen LogP contribution < -0.4 is 11.2 Å². The molecule has 2 heterocycles. The fraction of sp³-hybridized carbons (Fsp3) is 0.167. The highest BCUT2D eigenvalue weighted by molar-refractivity contribution is 5.85. The van der Waals surface area contributed by atoms with Gasteiger partial charge in [0.25, 0.3) is 5.56 Å². The van der Waals surface area contributed by atoms with Crippen LogP contribution in [0, 0.1) is 0 Å². The first-order valence-electron chi connectivity index (χ1n) is 10.3. The molecule has 3 N–H and O–H groups in total. The largest absolute Gasteiger partial charge is 0.478 e. The molecule has 0 aliphatic heterocycles. The molecule has 1 atom stereocenters. The second-order valence-electron chi connectivity index (χ2n) is 7.42. The van der Waals surface area contributed by atoms with Crippen molar-refractivity contribution in [3.8, 4) is 11.4 Å². The van der Waals surface area contributed by atoms with Crippen molar-refractivity contribution in [2.45, 2.75) is 25.8 Å². The number of hydrogen-bond donors (Lipinski definition) is 3. The number of rotatable bonds is 7. The van der Waals surface area contributed by atoms with Crippen molar-refractivity contribution in [3.05, 3.63) is 92.6 Å². The van der Waals surface area contributed by atoms with Crippen molar-refractivity contribution < 1.29 is 9.90 Å². The lowest BCUT2D eigenvalue weighted by Gasteiger charge is -2.20. The molecule has 8 nitrogen and oxygen atoms in total. The Labute approximate surface area is 182 Å². The maximum Gasteiger partial charge on any atom is 0.330 e. The molecule has 0 saturated heterocycles. The van der Waals surface area contributed by atoms with Crippen molar-refractivity contribution in [1.82, 2.24) is 19.5 Å². The van der Waals surface area contributed by atoms with E-state index in [2.05, 4.69) is 15.0 Å². The molecule has 4 aromatic rings. The van der Waals surface area contributed by atoms with Gasteiger partial charge in [0, 0.05) is 11.6 Å². The van der Waals surface area contributed by atoms with Crippen LogP contribution in [-0.2, 0) is 4.79 Å². The molecule has 1 unspecified atom stereocenters. The van der Waals surface area contributed by atoms with Gasteiger partial charge < -0.3 is 10.1 Å². The van der Waals surface area contributed by atoms with Gasteiger partial charge in [-0.05, 0) is 29.7 Å². The number of H-pyrrole nitrogens is 2. The van der Waals surface area contributed by atoms with Gasteiger partial charge in [-0.2, -0.15) is 0 Å². The molecule has 8 heteroatoms. The van der Waals surface area contributed by atoms with Crippen molar-refractivity contribution in [2.24, 2.45) is 0 Å². The number of nitrogens with one attached hydrogen (secondary N) is 2. The molecule has 2 aromatic heterocycles. The highest BCUT2D eigenvalue weighted by Crippen LogP contribution is 2.26. The highest BCUT2D eigenvalue weighted by Gasteiger charge is 2.21. The summed E-state index contributed by atoms with van der Waals surface area (Å²) in [6.07, 6.45) is 4.07. The fourth-order valence-electron chi connectivity index (χ4n) is 3.80. The van der Waals surface area contributed by atoms with E-state index in [0.717, 1.165) is 18.1 Å². The van der Waals surface area contributed by atoms with Gasteiger partial charge in [0.1, 0.15) is 11.5 Å². The van der Waals surface area contributed by atoms with Gasteiger partial charge >= 0.3 is 11.7 Å². The highest BCUT2D eigenvalue weighted by atomic mass is 16.4. The number of carbonyl (C=O) groups is 1. The summed E-state index contributed by atoms with van der Waals surface area (Å²) >= 11 is 0. The van der Waals surface area contributed by atoms with E-state index < -0.39 is 17.2 Å². The minimum absolute atomic E-state index is 0.142. The molecule has 4 rings (SSSR count). The summed E-state index contributed by atoms with van der Waals surface area (Å²) in [5.74, 6) is -0.628. The SMILES string of the molecule is CCCC(c1ccccc1)n1c(=O)[nH]c(=O)c2nc(-c3cccc(/C=C/C(=O)O)c3)[nH]c21. The molecule has 0 aliphatic rings. The third-order valence-corrected chi connectivity index (χ3v) is 5.22. The second kappa shape index (κ2) is 8.89. The van der Waals surface area contributed by atoms with E-state index in [-0.39, 0.29) is 11.6 Å². The van der Waals surface area contributed by atoms with Crippen molar-refractivity contribution in [1.29, 1.82) is 0 Å². The number of carboxylic acids is 1. The van der Waals surface area contributed by atoms with Gasteiger partial charge in [-0.15, -0.1) is 0 Å². The third kappa shape index (κ3) is 4.15. The minimum atomic E-state index is -1.04.